The summed E-state index contributed by atoms with van der Waals surface area (Å²) >= 11 is 0. The van der Waals surface area contributed by atoms with Crippen LogP contribution in [0.3, 0.4) is 0 Å². The van der Waals surface area contributed by atoms with Crippen molar-refractivity contribution in [1.82, 2.24) is 0 Å². The summed E-state index contributed by atoms with van der Waals surface area (Å²) < 4.78 is 10.2. The summed E-state index contributed by atoms with van der Waals surface area (Å²) in [4.78, 5) is 0. The van der Waals surface area contributed by atoms with Gasteiger partial charge in [-0.1, -0.05) is 4.57 Å². The van der Waals surface area contributed by atoms with Gasteiger partial charge in [-0.2, -0.15) is 0 Å². The SMILES string of the molecule is O=[P+](CCO)C(O)O. The molecule has 0 aliphatic heterocycles. The van der Waals surface area contributed by atoms with Crippen molar-refractivity contribution in [3.8, 4) is 0 Å². The minimum absolute atomic E-state index is 0.0486. The Labute approximate surface area is 47.6 Å². The van der Waals surface area contributed by atoms with Gasteiger partial charge < -0.3 is 15.3 Å². The summed E-state index contributed by atoms with van der Waals surface area (Å²) in [7, 11) is -2.03. The zero-order chi connectivity index (χ0) is 6.57. The molecule has 0 aromatic carbocycles. The van der Waals surface area contributed by atoms with E-state index in [2.05, 4.69) is 0 Å². The highest BCUT2D eigenvalue weighted by Crippen LogP contribution is 2.22. The van der Waals surface area contributed by atoms with Crippen molar-refractivity contribution in [3.05, 3.63) is 0 Å². The third-order valence-electron chi connectivity index (χ3n) is 0.578. The standard InChI is InChI=1S/C3H8O4P/c4-1-2-8(7)3(5)6/h3-6H,1-2H2/q+1. The molecular formula is C3H8O4P+. The molecule has 4 nitrogen and oxygen atoms in total. The van der Waals surface area contributed by atoms with Crippen molar-refractivity contribution >= 4 is 7.80 Å². The zero-order valence-electron chi connectivity index (χ0n) is 4.19. The van der Waals surface area contributed by atoms with Crippen LogP contribution in [0.15, 0.2) is 0 Å². The molecule has 0 aromatic rings. The summed E-state index contributed by atoms with van der Waals surface area (Å²) in [5.41, 5.74) is 0. The van der Waals surface area contributed by atoms with Gasteiger partial charge in [0.25, 0.3) is 0 Å². The Morgan fingerprint density at radius 3 is 2.12 bits per heavy atom. The normalized spacial score (nSPS) is 12.2. The zero-order valence-corrected chi connectivity index (χ0v) is 5.08. The second kappa shape index (κ2) is 3.92. The van der Waals surface area contributed by atoms with Crippen LogP contribution in [0.5, 0.6) is 0 Å². The highest BCUT2D eigenvalue weighted by Gasteiger charge is 2.23. The van der Waals surface area contributed by atoms with Crippen molar-refractivity contribution in [2.75, 3.05) is 12.8 Å². The molecule has 0 radical (unpaired) electrons. The monoisotopic (exact) mass is 139 g/mol. The van der Waals surface area contributed by atoms with Gasteiger partial charge in [0.15, 0.2) is 6.16 Å². The van der Waals surface area contributed by atoms with Crippen molar-refractivity contribution in [3.63, 3.8) is 0 Å². The first-order valence-corrected chi connectivity index (χ1v) is 3.60. The maximum Gasteiger partial charge on any atom is 0.403 e. The van der Waals surface area contributed by atoms with Crippen molar-refractivity contribution in [2.45, 2.75) is 6.03 Å². The number of aliphatic hydroxyl groups excluding tert-OH is 2. The third-order valence-corrected chi connectivity index (χ3v) is 1.73. The molecule has 0 amide bonds. The Hall–Kier alpha value is -0.0200. The predicted octanol–water partition coefficient (Wildman–Crippen LogP) is -0.926. The van der Waals surface area contributed by atoms with Crippen molar-refractivity contribution in [1.29, 1.82) is 0 Å². The van der Waals surface area contributed by atoms with E-state index in [1.54, 1.807) is 0 Å². The van der Waals surface area contributed by atoms with Crippen LogP contribution in [0, 0.1) is 0 Å². The largest absolute Gasteiger partial charge is 0.403 e. The molecule has 8 heavy (non-hydrogen) atoms. The van der Waals surface area contributed by atoms with Crippen LogP contribution in [0.2, 0.25) is 0 Å². The van der Waals surface area contributed by atoms with Gasteiger partial charge in [0, 0.05) is 0 Å². The van der Waals surface area contributed by atoms with E-state index < -0.39 is 13.8 Å². The van der Waals surface area contributed by atoms with Gasteiger partial charge in [0.05, 0.1) is 6.61 Å². The van der Waals surface area contributed by atoms with E-state index in [4.69, 9.17) is 15.3 Å². The van der Waals surface area contributed by atoms with E-state index >= 15 is 0 Å². The molecule has 0 aromatic heterocycles. The summed E-state index contributed by atoms with van der Waals surface area (Å²) in [6, 6.07) is -1.78. The Bertz CT molecular complexity index is 81.4. The van der Waals surface area contributed by atoms with Crippen LogP contribution in [-0.4, -0.2) is 34.1 Å². The van der Waals surface area contributed by atoms with E-state index in [-0.39, 0.29) is 12.8 Å². The molecule has 0 aliphatic carbocycles. The molecule has 0 spiro atoms. The number of hydrogen-bond donors (Lipinski definition) is 3. The van der Waals surface area contributed by atoms with Crippen LogP contribution in [-0.2, 0) is 4.57 Å². The van der Waals surface area contributed by atoms with E-state index in [0.29, 0.717) is 0 Å². The van der Waals surface area contributed by atoms with Crippen molar-refractivity contribution in [2.24, 2.45) is 0 Å². The van der Waals surface area contributed by atoms with Gasteiger partial charge in [-0.15, -0.1) is 0 Å². The van der Waals surface area contributed by atoms with E-state index in [1.165, 1.54) is 0 Å². The second-order valence-corrected chi connectivity index (χ2v) is 2.95. The smallest absolute Gasteiger partial charge is 0.392 e. The maximum atomic E-state index is 10.2. The van der Waals surface area contributed by atoms with Gasteiger partial charge in [-0.25, -0.2) is 0 Å². The second-order valence-electron chi connectivity index (χ2n) is 1.21. The minimum atomic E-state index is -2.03. The molecule has 0 aliphatic rings. The van der Waals surface area contributed by atoms with Crippen LogP contribution in [0.1, 0.15) is 0 Å². The highest BCUT2D eigenvalue weighted by molar-refractivity contribution is 7.44. The Balaban J connectivity index is 3.33. The molecule has 1 unspecified atom stereocenters. The lowest BCUT2D eigenvalue weighted by Gasteiger charge is -1.84. The number of hydrogen-bond acceptors (Lipinski definition) is 4. The molecular weight excluding hydrogens is 131 g/mol. The number of aliphatic hydroxyl groups is 3. The third kappa shape index (κ3) is 3.04. The summed E-state index contributed by atoms with van der Waals surface area (Å²) in [6.45, 7) is -0.271. The van der Waals surface area contributed by atoms with Crippen LogP contribution in [0.4, 0.5) is 0 Å². The van der Waals surface area contributed by atoms with E-state index in [1.807, 2.05) is 0 Å². The molecule has 0 bridgehead atoms. The average Bonchev–Trinajstić information content (AvgIpc) is 1.67. The van der Waals surface area contributed by atoms with Crippen LogP contribution in [0.25, 0.3) is 0 Å². The van der Waals surface area contributed by atoms with Gasteiger partial charge in [0.2, 0.25) is 0 Å². The minimum Gasteiger partial charge on any atom is -0.392 e. The molecule has 3 N–H and O–H groups in total. The fraction of sp³-hybridized carbons (Fsp3) is 1.00. The first-order chi connectivity index (χ1) is 3.68. The molecule has 0 saturated carbocycles. The lowest BCUT2D eigenvalue weighted by molar-refractivity contribution is 0.0317. The van der Waals surface area contributed by atoms with Gasteiger partial charge in [-0.3, -0.25) is 0 Å². The first kappa shape index (κ1) is 7.98. The Kier molecular flexibility index (Phi) is 3.91. The summed E-state index contributed by atoms with van der Waals surface area (Å²) in [5.74, 6) is 0. The topological polar surface area (TPSA) is 77.8 Å². The van der Waals surface area contributed by atoms with E-state index in [0.717, 1.165) is 0 Å². The quantitative estimate of drug-likeness (QED) is 0.349. The van der Waals surface area contributed by atoms with Gasteiger partial charge in [-0.05, 0) is 0 Å². The molecule has 0 heterocycles. The van der Waals surface area contributed by atoms with Crippen LogP contribution < -0.4 is 0 Å². The van der Waals surface area contributed by atoms with Crippen molar-refractivity contribution < 1.29 is 19.9 Å². The molecule has 0 fully saturated rings. The maximum absolute atomic E-state index is 10.2. The molecule has 1 atom stereocenters. The lowest BCUT2D eigenvalue weighted by atomic mass is 10.9. The van der Waals surface area contributed by atoms with E-state index in [9.17, 15) is 4.57 Å². The van der Waals surface area contributed by atoms with Gasteiger partial charge in [0.1, 0.15) is 0 Å². The summed E-state index contributed by atoms with van der Waals surface area (Å²) in [5, 5.41) is 24.3. The lowest BCUT2D eigenvalue weighted by Crippen LogP contribution is -2.00. The molecule has 48 valence electrons. The Morgan fingerprint density at radius 2 is 2.00 bits per heavy atom. The number of rotatable bonds is 3. The molecule has 5 heteroatoms. The summed E-state index contributed by atoms with van der Waals surface area (Å²) in [6.07, 6.45) is -0.0486. The highest BCUT2D eigenvalue weighted by atomic mass is 31.1. The average molecular weight is 139 g/mol. The first-order valence-electron chi connectivity index (χ1n) is 2.09. The Morgan fingerprint density at radius 1 is 1.50 bits per heavy atom. The fourth-order valence-corrected chi connectivity index (χ4v) is 0.642. The fourth-order valence-electron chi connectivity index (χ4n) is 0.214. The predicted molar refractivity (Wildman–Crippen MR) is 27.8 cm³/mol. The van der Waals surface area contributed by atoms with Gasteiger partial charge >= 0.3 is 13.8 Å². The molecule has 0 rings (SSSR count). The molecule has 0 saturated heterocycles. The van der Waals surface area contributed by atoms with Crippen LogP contribution >= 0.6 is 7.80 Å².